The Labute approximate surface area is 133 Å². The van der Waals surface area contributed by atoms with Gasteiger partial charge in [-0.2, -0.15) is 8.42 Å². The quantitative estimate of drug-likeness (QED) is 0.761. The third-order valence-corrected chi connectivity index (χ3v) is 4.24. The van der Waals surface area contributed by atoms with E-state index < -0.39 is 16.1 Å². The number of carbonyl (C=O) groups excluding carboxylic acids is 1. The van der Waals surface area contributed by atoms with Crippen LogP contribution in [0.2, 0.25) is 0 Å². The van der Waals surface area contributed by atoms with Crippen molar-refractivity contribution in [1.29, 1.82) is 0 Å². The standard InChI is InChI=1S/C15H14N4O3S/c1-19-10-13(12-6-2-3-7-14(12)19)15(20)18-23(21,22)17-11-5-4-8-16-9-11/h2-10,17H,1H3,(H,18,20). The molecule has 0 aliphatic heterocycles. The number of aromatic nitrogens is 2. The molecule has 7 nitrogen and oxygen atoms in total. The first-order chi connectivity index (χ1) is 11.0. The van der Waals surface area contributed by atoms with Crippen LogP contribution in [0.15, 0.2) is 55.0 Å². The van der Waals surface area contributed by atoms with Crippen molar-refractivity contribution in [2.45, 2.75) is 0 Å². The molecule has 0 spiro atoms. The lowest BCUT2D eigenvalue weighted by molar-refractivity contribution is 0.0983. The number of hydrogen-bond donors (Lipinski definition) is 2. The van der Waals surface area contributed by atoms with Gasteiger partial charge >= 0.3 is 10.2 Å². The predicted octanol–water partition coefficient (Wildman–Crippen LogP) is 1.66. The van der Waals surface area contributed by atoms with Crippen molar-refractivity contribution in [2.75, 3.05) is 4.72 Å². The zero-order valence-corrected chi connectivity index (χ0v) is 13.0. The Kier molecular flexibility index (Phi) is 3.75. The zero-order valence-electron chi connectivity index (χ0n) is 12.2. The maximum atomic E-state index is 12.3. The van der Waals surface area contributed by atoms with E-state index in [0.717, 1.165) is 5.52 Å². The second kappa shape index (κ2) is 5.73. The Balaban J connectivity index is 1.86. The highest BCUT2D eigenvalue weighted by Gasteiger charge is 2.19. The molecule has 0 atom stereocenters. The number of carbonyl (C=O) groups is 1. The van der Waals surface area contributed by atoms with Crippen LogP contribution >= 0.6 is 0 Å². The topological polar surface area (TPSA) is 93.1 Å². The van der Waals surface area contributed by atoms with E-state index in [0.29, 0.717) is 10.9 Å². The Bertz CT molecular complexity index is 965. The normalized spacial score (nSPS) is 11.3. The monoisotopic (exact) mass is 330 g/mol. The molecule has 2 heterocycles. The summed E-state index contributed by atoms with van der Waals surface area (Å²) in [4.78, 5) is 16.1. The van der Waals surface area contributed by atoms with Crippen LogP contribution in [0, 0.1) is 0 Å². The van der Waals surface area contributed by atoms with Crippen LogP contribution < -0.4 is 9.44 Å². The number of pyridine rings is 1. The van der Waals surface area contributed by atoms with E-state index in [1.165, 1.54) is 18.5 Å². The number of nitrogens with zero attached hydrogens (tertiary/aromatic N) is 2. The molecule has 0 fully saturated rings. The summed E-state index contributed by atoms with van der Waals surface area (Å²) in [5.41, 5.74) is 1.40. The highest BCUT2D eigenvalue weighted by Crippen LogP contribution is 2.20. The number of benzene rings is 1. The molecule has 1 amide bonds. The van der Waals surface area contributed by atoms with Crippen molar-refractivity contribution in [1.82, 2.24) is 14.3 Å². The van der Waals surface area contributed by atoms with Crippen LogP contribution in [0.3, 0.4) is 0 Å². The molecule has 2 aromatic heterocycles. The molecule has 0 saturated heterocycles. The van der Waals surface area contributed by atoms with Gasteiger partial charge in [-0.05, 0) is 18.2 Å². The van der Waals surface area contributed by atoms with E-state index in [-0.39, 0.29) is 5.69 Å². The summed E-state index contributed by atoms with van der Waals surface area (Å²) in [6.07, 6.45) is 4.47. The molecule has 0 saturated carbocycles. The van der Waals surface area contributed by atoms with Gasteiger partial charge in [-0.1, -0.05) is 18.2 Å². The molecule has 8 heteroatoms. The second-order valence-corrected chi connectivity index (χ2v) is 6.36. The molecule has 0 unspecified atom stereocenters. The van der Waals surface area contributed by atoms with Crippen LogP contribution in [0.1, 0.15) is 10.4 Å². The Morgan fingerprint density at radius 3 is 2.70 bits per heavy atom. The molecule has 3 rings (SSSR count). The van der Waals surface area contributed by atoms with Crippen LogP contribution in [-0.4, -0.2) is 23.9 Å². The van der Waals surface area contributed by atoms with Gasteiger partial charge in [0.05, 0.1) is 17.4 Å². The highest BCUT2D eigenvalue weighted by molar-refractivity contribution is 7.91. The fourth-order valence-electron chi connectivity index (χ4n) is 2.30. The summed E-state index contributed by atoms with van der Waals surface area (Å²) >= 11 is 0. The van der Waals surface area contributed by atoms with E-state index in [2.05, 4.69) is 9.71 Å². The van der Waals surface area contributed by atoms with Crippen molar-refractivity contribution in [3.05, 3.63) is 60.6 Å². The lowest BCUT2D eigenvalue weighted by atomic mass is 10.2. The number of anilines is 1. The lowest BCUT2D eigenvalue weighted by Gasteiger charge is -2.08. The van der Waals surface area contributed by atoms with Crippen LogP contribution in [0.25, 0.3) is 10.9 Å². The Morgan fingerprint density at radius 2 is 1.96 bits per heavy atom. The minimum absolute atomic E-state index is 0.269. The minimum Gasteiger partial charge on any atom is -0.350 e. The average Bonchev–Trinajstić information content (AvgIpc) is 2.85. The largest absolute Gasteiger partial charge is 0.350 e. The first-order valence-electron chi connectivity index (χ1n) is 6.75. The van der Waals surface area contributed by atoms with E-state index in [4.69, 9.17) is 0 Å². The third-order valence-electron chi connectivity index (χ3n) is 3.28. The summed E-state index contributed by atoms with van der Waals surface area (Å²) in [6, 6.07) is 10.4. The van der Waals surface area contributed by atoms with Crippen molar-refractivity contribution < 1.29 is 13.2 Å². The predicted molar refractivity (Wildman–Crippen MR) is 87.2 cm³/mol. The smallest absolute Gasteiger partial charge is 0.324 e. The lowest BCUT2D eigenvalue weighted by Crippen LogP contribution is -2.35. The SMILES string of the molecule is Cn1cc(C(=O)NS(=O)(=O)Nc2cccnc2)c2ccccc21. The first kappa shape index (κ1) is 15.0. The maximum Gasteiger partial charge on any atom is 0.324 e. The summed E-state index contributed by atoms with van der Waals surface area (Å²) < 4.78 is 30.1. The highest BCUT2D eigenvalue weighted by atomic mass is 32.2. The molecule has 0 bridgehead atoms. The molecule has 3 aromatic rings. The molecule has 0 aliphatic rings. The van der Waals surface area contributed by atoms with Gasteiger partial charge in [-0.3, -0.25) is 14.5 Å². The molecule has 0 aliphatic carbocycles. The fraction of sp³-hybridized carbons (Fsp3) is 0.0667. The fourth-order valence-corrected chi connectivity index (χ4v) is 3.14. The van der Waals surface area contributed by atoms with Crippen LogP contribution in [-0.2, 0) is 17.3 Å². The second-order valence-electron chi connectivity index (χ2n) is 4.95. The number of aryl methyl sites for hydroxylation is 1. The molecule has 1 aromatic carbocycles. The van der Waals surface area contributed by atoms with Gasteiger partial charge in [0, 0.05) is 30.3 Å². The number of amides is 1. The maximum absolute atomic E-state index is 12.3. The van der Waals surface area contributed by atoms with Gasteiger partial charge in [0.1, 0.15) is 0 Å². The molecular weight excluding hydrogens is 316 g/mol. The van der Waals surface area contributed by atoms with Gasteiger partial charge in [-0.15, -0.1) is 0 Å². The van der Waals surface area contributed by atoms with Crippen molar-refractivity contribution >= 4 is 32.7 Å². The number of para-hydroxylation sites is 1. The zero-order chi connectivity index (χ0) is 16.4. The third kappa shape index (κ3) is 3.16. The van der Waals surface area contributed by atoms with E-state index in [1.54, 1.807) is 36.0 Å². The summed E-state index contributed by atoms with van der Waals surface area (Å²) in [5.74, 6) is -0.696. The van der Waals surface area contributed by atoms with Gasteiger partial charge < -0.3 is 4.57 Å². The molecule has 2 N–H and O–H groups in total. The van der Waals surface area contributed by atoms with Gasteiger partial charge in [0.15, 0.2) is 0 Å². The van der Waals surface area contributed by atoms with Gasteiger partial charge in [-0.25, -0.2) is 4.72 Å². The number of fused-ring (bicyclic) bond motifs is 1. The van der Waals surface area contributed by atoms with Crippen molar-refractivity contribution in [2.24, 2.45) is 7.05 Å². The van der Waals surface area contributed by atoms with Crippen molar-refractivity contribution in [3.8, 4) is 0 Å². The molecular formula is C15H14N4O3S. The number of rotatable bonds is 4. The molecule has 118 valence electrons. The summed E-state index contributed by atoms with van der Waals surface area (Å²) in [6.45, 7) is 0. The summed E-state index contributed by atoms with van der Waals surface area (Å²) in [7, 11) is -2.25. The van der Waals surface area contributed by atoms with E-state index >= 15 is 0 Å². The summed E-state index contributed by atoms with van der Waals surface area (Å²) in [5, 5.41) is 0.684. The van der Waals surface area contributed by atoms with Gasteiger partial charge in [0.2, 0.25) is 0 Å². The Morgan fingerprint density at radius 1 is 1.17 bits per heavy atom. The van der Waals surface area contributed by atoms with E-state index in [9.17, 15) is 13.2 Å². The van der Waals surface area contributed by atoms with Gasteiger partial charge in [0.25, 0.3) is 5.91 Å². The Hall–Kier alpha value is -2.87. The first-order valence-corrected chi connectivity index (χ1v) is 8.23. The number of nitrogens with one attached hydrogen (secondary N) is 2. The van der Waals surface area contributed by atoms with Crippen LogP contribution in [0.5, 0.6) is 0 Å². The minimum atomic E-state index is -4.04. The molecule has 23 heavy (non-hydrogen) atoms. The molecule has 0 radical (unpaired) electrons. The average molecular weight is 330 g/mol. The van der Waals surface area contributed by atoms with Crippen molar-refractivity contribution in [3.63, 3.8) is 0 Å². The number of hydrogen-bond acceptors (Lipinski definition) is 4. The van der Waals surface area contributed by atoms with E-state index in [1.807, 2.05) is 16.9 Å². The van der Waals surface area contributed by atoms with Crippen LogP contribution in [0.4, 0.5) is 5.69 Å².